The van der Waals surface area contributed by atoms with Crippen LogP contribution in [-0.4, -0.2) is 55.0 Å². The fraction of sp³-hybridized carbons (Fsp3) is 0.565. The number of hydrogen-bond acceptors (Lipinski definition) is 6. The highest BCUT2D eigenvalue weighted by Crippen LogP contribution is 2.20. The maximum atomic E-state index is 12.3. The molecule has 1 unspecified atom stereocenters. The van der Waals surface area contributed by atoms with Gasteiger partial charge in [0.1, 0.15) is 5.52 Å². The van der Waals surface area contributed by atoms with Gasteiger partial charge in [-0.3, -0.25) is 9.69 Å². The zero-order valence-electron chi connectivity index (χ0n) is 19.0. The number of aromatic nitrogens is 5. The third kappa shape index (κ3) is 4.95. The summed E-state index contributed by atoms with van der Waals surface area (Å²) in [5, 5.41) is 12.6. The molecule has 3 aromatic rings. The standard InChI is InChI=1S/C23H33N7O/c1-17-15-19-22(24-10-12-29(19)26-17)25-16-18-7-5-6-11-28(18)13-14-30-21(31)9-8-20(27-30)23(2,3)4/h8-10,12,15,18H,5-7,11,13-14,16H2,1-4H3,(H,24,25). The van der Waals surface area contributed by atoms with E-state index in [1.165, 1.54) is 12.8 Å². The molecule has 0 aromatic carbocycles. The number of aryl methyl sites for hydroxylation is 1. The van der Waals surface area contributed by atoms with E-state index in [0.29, 0.717) is 12.6 Å². The van der Waals surface area contributed by atoms with E-state index in [1.54, 1.807) is 16.9 Å². The molecule has 0 bridgehead atoms. The summed E-state index contributed by atoms with van der Waals surface area (Å²) in [5.74, 6) is 0.865. The molecule has 8 heteroatoms. The first-order valence-corrected chi connectivity index (χ1v) is 11.2. The molecule has 31 heavy (non-hydrogen) atoms. The van der Waals surface area contributed by atoms with Crippen molar-refractivity contribution in [3.05, 3.63) is 52.3 Å². The Morgan fingerprint density at radius 1 is 1.16 bits per heavy atom. The number of piperidine rings is 1. The van der Waals surface area contributed by atoms with Gasteiger partial charge in [0, 0.05) is 43.0 Å². The molecule has 8 nitrogen and oxygen atoms in total. The number of fused-ring (bicyclic) bond motifs is 1. The monoisotopic (exact) mass is 423 g/mol. The molecular weight excluding hydrogens is 390 g/mol. The van der Waals surface area contributed by atoms with Gasteiger partial charge in [-0.1, -0.05) is 27.2 Å². The average Bonchev–Trinajstić information content (AvgIpc) is 3.12. The first-order valence-electron chi connectivity index (χ1n) is 11.2. The normalized spacial score (nSPS) is 17.9. The van der Waals surface area contributed by atoms with E-state index in [9.17, 15) is 4.79 Å². The Morgan fingerprint density at radius 3 is 2.81 bits per heavy atom. The van der Waals surface area contributed by atoms with E-state index in [2.05, 4.69) is 46.2 Å². The van der Waals surface area contributed by atoms with Crippen LogP contribution in [0.15, 0.2) is 35.4 Å². The largest absolute Gasteiger partial charge is 0.367 e. The third-order valence-electron chi connectivity index (χ3n) is 6.00. The maximum Gasteiger partial charge on any atom is 0.266 e. The predicted molar refractivity (Wildman–Crippen MR) is 123 cm³/mol. The fourth-order valence-electron chi connectivity index (χ4n) is 4.21. The molecule has 166 valence electrons. The number of hydrogen-bond donors (Lipinski definition) is 1. The molecule has 1 atom stereocenters. The van der Waals surface area contributed by atoms with Crippen LogP contribution in [0.1, 0.15) is 51.4 Å². The second kappa shape index (κ2) is 8.78. The Kier molecular flexibility index (Phi) is 6.09. The zero-order chi connectivity index (χ0) is 22.0. The molecule has 4 heterocycles. The van der Waals surface area contributed by atoms with Crippen molar-refractivity contribution < 1.29 is 0 Å². The molecule has 0 radical (unpaired) electrons. The van der Waals surface area contributed by atoms with Gasteiger partial charge in [-0.2, -0.15) is 10.2 Å². The predicted octanol–water partition coefficient (Wildman–Crippen LogP) is 2.86. The van der Waals surface area contributed by atoms with Crippen LogP contribution < -0.4 is 10.9 Å². The van der Waals surface area contributed by atoms with E-state index >= 15 is 0 Å². The lowest BCUT2D eigenvalue weighted by molar-refractivity contribution is 0.147. The second-order valence-electron chi connectivity index (χ2n) is 9.49. The Hall–Kier alpha value is -2.74. The third-order valence-corrected chi connectivity index (χ3v) is 6.00. The van der Waals surface area contributed by atoms with Gasteiger partial charge in [-0.15, -0.1) is 0 Å². The molecule has 4 rings (SSSR count). The lowest BCUT2D eigenvalue weighted by Crippen LogP contribution is -2.45. The van der Waals surface area contributed by atoms with Crippen LogP contribution >= 0.6 is 0 Å². The van der Waals surface area contributed by atoms with Crippen molar-refractivity contribution in [1.82, 2.24) is 29.3 Å². The Balaban J connectivity index is 1.43. The van der Waals surface area contributed by atoms with E-state index in [-0.39, 0.29) is 11.0 Å². The van der Waals surface area contributed by atoms with Gasteiger partial charge >= 0.3 is 0 Å². The van der Waals surface area contributed by atoms with Gasteiger partial charge in [-0.25, -0.2) is 14.2 Å². The number of likely N-dealkylation sites (tertiary alicyclic amines) is 1. The van der Waals surface area contributed by atoms with E-state index in [0.717, 1.165) is 48.8 Å². The van der Waals surface area contributed by atoms with Crippen LogP contribution in [0.3, 0.4) is 0 Å². The minimum Gasteiger partial charge on any atom is -0.367 e. The first-order chi connectivity index (χ1) is 14.8. The summed E-state index contributed by atoms with van der Waals surface area (Å²) < 4.78 is 3.49. The minimum absolute atomic E-state index is 0.0355. The van der Waals surface area contributed by atoms with Crippen molar-refractivity contribution in [2.45, 2.75) is 65.0 Å². The van der Waals surface area contributed by atoms with Crippen molar-refractivity contribution in [1.29, 1.82) is 0 Å². The SMILES string of the molecule is Cc1cc2c(NCC3CCCCN3CCn3nc(C(C)(C)C)ccc3=O)nccn2n1. The molecular formula is C23H33N7O. The maximum absolute atomic E-state index is 12.3. The molecule has 1 aliphatic rings. The quantitative estimate of drug-likeness (QED) is 0.657. The molecule has 1 fully saturated rings. The summed E-state index contributed by atoms with van der Waals surface area (Å²) in [6.07, 6.45) is 7.21. The fourth-order valence-corrected chi connectivity index (χ4v) is 4.21. The van der Waals surface area contributed by atoms with Gasteiger partial charge < -0.3 is 5.32 Å². The van der Waals surface area contributed by atoms with Crippen LogP contribution in [0.2, 0.25) is 0 Å². The number of anilines is 1. The van der Waals surface area contributed by atoms with Crippen LogP contribution in [0.4, 0.5) is 5.82 Å². The highest BCUT2D eigenvalue weighted by molar-refractivity contribution is 5.67. The topological polar surface area (TPSA) is 80.4 Å². The number of rotatable bonds is 6. The highest BCUT2D eigenvalue weighted by atomic mass is 16.1. The van der Waals surface area contributed by atoms with Crippen LogP contribution in [0.25, 0.3) is 5.52 Å². The van der Waals surface area contributed by atoms with E-state index in [1.807, 2.05) is 29.8 Å². The molecule has 3 aromatic heterocycles. The van der Waals surface area contributed by atoms with E-state index in [4.69, 9.17) is 0 Å². The molecule has 1 aliphatic heterocycles. The second-order valence-corrected chi connectivity index (χ2v) is 9.49. The Labute approximate surface area is 183 Å². The molecule has 1 saturated heterocycles. The minimum atomic E-state index is -0.0763. The van der Waals surface area contributed by atoms with Crippen molar-refractivity contribution in [2.75, 3.05) is 25.0 Å². The van der Waals surface area contributed by atoms with Gasteiger partial charge in [0.05, 0.1) is 17.9 Å². The molecule has 0 spiro atoms. The van der Waals surface area contributed by atoms with Gasteiger partial charge in [0.25, 0.3) is 5.56 Å². The van der Waals surface area contributed by atoms with Crippen molar-refractivity contribution in [3.8, 4) is 0 Å². The first kappa shape index (κ1) is 21.5. The van der Waals surface area contributed by atoms with Crippen LogP contribution in [-0.2, 0) is 12.0 Å². The van der Waals surface area contributed by atoms with Crippen LogP contribution in [0.5, 0.6) is 0 Å². The number of nitrogens with zero attached hydrogens (tertiary/aromatic N) is 6. The molecule has 1 N–H and O–H groups in total. The van der Waals surface area contributed by atoms with Gasteiger partial charge in [-0.05, 0) is 38.4 Å². The smallest absolute Gasteiger partial charge is 0.266 e. The summed E-state index contributed by atoms with van der Waals surface area (Å²) in [5.41, 5.74) is 2.81. The van der Waals surface area contributed by atoms with Crippen molar-refractivity contribution >= 4 is 11.3 Å². The summed E-state index contributed by atoms with van der Waals surface area (Å²) in [7, 11) is 0. The van der Waals surface area contributed by atoms with E-state index < -0.39 is 0 Å². The van der Waals surface area contributed by atoms with Gasteiger partial charge in [0.15, 0.2) is 5.82 Å². The molecule has 0 saturated carbocycles. The summed E-state index contributed by atoms with van der Waals surface area (Å²) in [4.78, 5) is 19.3. The Morgan fingerprint density at radius 2 is 2.00 bits per heavy atom. The number of nitrogens with one attached hydrogen (secondary N) is 1. The highest BCUT2D eigenvalue weighted by Gasteiger charge is 2.23. The summed E-state index contributed by atoms with van der Waals surface area (Å²) >= 11 is 0. The lowest BCUT2D eigenvalue weighted by Gasteiger charge is -2.36. The molecule has 0 aliphatic carbocycles. The Bertz CT molecular complexity index is 1100. The lowest BCUT2D eigenvalue weighted by atomic mass is 9.92. The van der Waals surface area contributed by atoms with Crippen LogP contribution in [0, 0.1) is 6.92 Å². The zero-order valence-corrected chi connectivity index (χ0v) is 19.0. The van der Waals surface area contributed by atoms with Crippen molar-refractivity contribution in [2.24, 2.45) is 0 Å². The van der Waals surface area contributed by atoms with Crippen molar-refractivity contribution in [3.63, 3.8) is 0 Å². The molecule has 0 amide bonds. The summed E-state index contributed by atoms with van der Waals surface area (Å²) in [6, 6.07) is 5.94. The average molecular weight is 424 g/mol. The van der Waals surface area contributed by atoms with Gasteiger partial charge in [0.2, 0.25) is 0 Å². The summed E-state index contributed by atoms with van der Waals surface area (Å²) in [6.45, 7) is 11.6.